The first-order valence-corrected chi connectivity index (χ1v) is 22.1. The van der Waals surface area contributed by atoms with Gasteiger partial charge in [0.2, 0.25) is 0 Å². The molecule has 4 aliphatic carbocycles. The van der Waals surface area contributed by atoms with Crippen LogP contribution < -0.4 is 29.6 Å². The molecule has 2 saturated carbocycles. The van der Waals surface area contributed by atoms with Crippen LogP contribution in [0.25, 0.3) is 0 Å². The summed E-state index contributed by atoms with van der Waals surface area (Å²) in [5.74, 6) is 2.91. The first kappa shape index (κ1) is 47.8. The van der Waals surface area contributed by atoms with Gasteiger partial charge in [-0.3, -0.25) is 0 Å². The second kappa shape index (κ2) is 23.2. The maximum Gasteiger partial charge on any atom is 1.00 e. The zero-order chi connectivity index (χ0) is 38.7. The van der Waals surface area contributed by atoms with Crippen LogP contribution in [0.2, 0.25) is 0 Å². The molecule has 4 fully saturated rings. The molecule has 2 saturated heterocycles. The Bertz CT molecular complexity index is 1570. The van der Waals surface area contributed by atoms with E-state index >= 15 is 0 Å². The number of rotatable bonds is 10. The molecule has 12 nitrogen and oxygen atoms in total. The molecule has 0 bridgehead atoms. The minimum atomic E-state index is -0.180. The molecular weight excluding hydrogens is 799 g/mol. The van der Waals surface area contributed by atoms with Crippen LogP contribution >= 0.6 is 15.9 Å². The number of alkyl halides is 1. The average Bonchev–Trinajstić information content (AvgIpc) is 4.14. The van der Waals surface area contributed by atoms with Crippen LogP contribution in [0.5, 0.6) is 0 Å². The van der Waals surface area contributed by atoms with Crippen molar-refractivity contribution in [2.45, 2.75) is 160 Å². The Morgan fingerprint density at radius 2 is 1.19 bits per heavy atom. The third-order valence-corrected chi connectivity index (χ3v) is 12.6. The van der Waals surface area contributed by atoms with Crippen LogP contribution in [0.4, 0.5) is 9.59 Å². The summed E-state index contributed by atoms with van der Waals surface area (Å²) in [6.45, 7) is 8.64. The molecule has 1 N–H and O–H groups in total. The fraction of sp³-hybridized carbons (Fsp3) is 0.767. The number of fused-ring (bicyclic) bond motifs is 2. The van der Waals surface area contributed by atoms with Gasteiger partial charge < -0.3 is 30.5 Å². The minimum Gasteiger partial charge on any atom is -1.00 e. The molecule has 0 radical (unpaired) electrons. The molecule has 14 heteroatoms. The summed E-state index contributed by atoms with van der Waals surface area (Å²) in [5, 5.41) is 9.61. The number of aryl methyl sites for hydroxylation is 4. The Labute approximate surface area is 373 Å². The number of ether oxygens (including phenoxy) is 3. The standard InChI is InChI=1S/C21H31N3O3.C12H21NO3.C9H11BrN2.CH4.Na.H/c1-21(9-10-21)27-20(25)24-11-6-16(7-12-24)8-13-26-15-19-22-14-17-4-2-3-5-18(17)23-19;1-12(5-6-12)16-11(15)13-7-2-10(3-8-13)4-9-14;10-5-9-11-6-7-3-1-2-4-8(7)12-9;;;/h14,16H,2-13,15H2,1H3;10,14H,2-9H2,1H3;6H,1-5H2;1H4;;/q;;;;+1;-1. The number of aromatic nitrogens is 4. The maximum atomic E-state index is 12.1. The van der Waals surface area contributed by atoms with Crippen LogP contribution in [-0.4, -0.2) is 97.6 Å². The number of aliphatic hydroxyl groups excluding tert-OH is 1. The fourth-order valence-electron chi connectivity index (χ4n) is 7.68. The van der Waals surface area contributed by atoms with Gasteiger partial charge in [0.25, 0.3) is 0 Å². The zero-order valence-electron chi connectivity index (χ0n) is 35.2. The number of amides is 2. The SMILES string of the molecule is BrCc1ncc2c(n1)CCCC2.C.CC1(OC(=O)N2CCC(CCO)CC2)CC1.CC1(OC(=O)N2CCC(CCOCc3ncc4c(n3)CCCC4)CC2)CC1.[H-].[Na+]. The number of piperidine rings is 2. The van der Waals surface area contributed by atoms with Gasteiger partial charge >= 0.3 is 41.7 Å². The summed E-state index contributed by atoms with van der Waals surface area (Å²) in [7, 11) is 0. The number of halogens is 1. The van der Waals surface area contributed by atoms with Crippen molar-refractivity contribution in [3.8, 4) is 0 Å². The predicted octanol–water partition coefficient (Wildman–Crippen LogP) is 5.44. The van der Waals surface area contributed by atoms with Gasteiger partial charge in [0.15, 0.2) is 5.82 Å². The molecule has 8 rings (SSSR count). The summed E-state index contributed by atoms with van der Waals surface area (Å²) in [5.41, 5.74) is 4.80. The van der Waals surface area contributed by atoms with Gasteiger partial charge in [0.05, 0.1) is 5.33 Å². The maximum absolute atomic E-state index is 12.1. The number of carbonyl (C=O) groups is 2. The second-order valence-corrected chi connectivity index (χ2v) is 17.5. The number of carbonyl (C=O) groups excluding carboxylic acids is 2. The largest absolute Gasteiger partial charge is 1.00 e. The van der Waals surface area contributed by atoms with E-state index in [0.717, 1.165) is 140 Å². The van der Waals surface area contributed by atoms with Crippen LogP contribution in [0.3, 0.4) is 0 Å². The third-order valence-electron chi connectivity index (χ3n) is 12.1. The van der Waals surface area contributed by atoms with E-state index in [1.807, 2.05) is 31.1 Å². The summed E-state index contributed by atoms with van der Waals surface area (Å²) in [6.07, 6.45) is 23.2. The quantitative estimate of drug-likeness (QED) is 0.187. The Kier molecular flexibility index (Phi) is 19.4. The number of likely N-dealkylation sites (tertiary alicyclic amines) is 2. The van der Waals surface area contributed by atoms with Crippen molar-refractivity contribution in [3.63, 3.8) is 0 Å². The molecule has 2 aromatic rings. The first-order chi connectivity index (χ1) is 26.6. The molecule has 0 aromatic carbocycles. The topological polar surface area (TPSA) is 140 Å². The Morgan fingerprint density at radius 3 is 1.65 bits per heavy atom. The molecule has 0 unspecified atom stereocenters. The van der Waals surface area contributed by atoms with Gasteiger partial charge in [-0.15, -0.1) is 0 Å². The molecular formula is C43H68BrN6NaO6. The molecule has 4 heterocycles. The van der Waals surface area contributed by atoms with Gasteiger partial charge in [-0.1, -0.05) is 23.4 Å². The Balaban J connectivity index is 0.000000248. The van der Waals surface area contributed by atoms with Crippen LogP contribution in [0.1, 0.15) is 147 Å². The predicted molar refractivity (Wildman–Crippen MR) is 221 cm³/mol. The van der Waals surface area contributed by atoms with Crippen molar-refractivity contribution >= 4 is 28.1 Å². The van der Waals surface area contributed by atoms with E-state index in [4.69, 9.17) is 19.3 Å². The summed E-state index contributed by atoms with van der Waals surface area (Å²) in [4.78, 5) is 45.4. The molecule has 0 spiro atoms. The Morgan fingerprint density at radius 1 is 0.754 bits per heavy atom. The molecule has 57 heavy (non-hydrogen) atoms. The molecule has 2 amide bonds. The molecule has 2 aromatic heterocycles. The van der Waals surface area contributed by atoms with Crippen molar-refractivity contribution < 1.29 is 59.9 Å². The van der Waals surface area contributed by atoms with Gasteiger partial charge in [0.1, 0.15) is 23.6 Å². The summed E-state index contributed by atoms with van der Waals surface area (Å²) < 4.78 is 16.8. The van der Waals surface area contributed by atoms with Gasteiger partial charge in [-0.05, 0) is 152 Å². The average molecular weight is 868 g/mol. The van der Waals surface area contributed by atoms with Crippen molar-refractivity contribution in [1.29, 1.82) is 0 Å². The van der Waals surface area contributed by atoms with E-state index in [1.54, 1.807) is 4.90 Å². The van der Waals surface area contributed by atoms with Crippen molar-refractivity contribution in [1.82, 2.24) is 29.7 Å². The second-order valence-electron chi connectivity index (χ2n) is 16.9. The normalized spacial score (nSPS) is 20.4. The van der Waals surface area contributed by atoms with Crippen LogP contribution in [-0.2, 0) is 51.8 Å². The van der Waals surface area contributed by atoms with E-state index in [0.29, 0.717) is 18.4 Å². The van der Waals surface area contributed by atoms with Gasteiger partial charge in [-0.2, -0.15) is 0 Å². The van der Waals surface area contributed by atoms with Crippen molar-refractivity contribution in [2.24, 2.45) is 11.8 Å². The number of hydrogen-bond acceptors (Lipinski definition) is 10. The summed E-state index contributed by atoms with van der Waals surface area (Å²) >= 11 is 3.36. The molecule has 314 valence electrons. The van der Waals surface area contributed by atoms with Crippen LogP contribution in [0, 0.1) is 11.8 Å². The number of aliphatic hydroxyl groups is 1. The van der Waals surface area contributed by atoms with E-state index in [-0.39, 0.29) is 68.4 Å². The zero-order valence-corrected chi connectivity index (χ0v) is 37.8. The third kappa shape index (κ3) is 15.3. The van der Waals surface area contributed by atoms with Gasteiger partial charge in [0, 0.05) is 63.2 Å². The molecule has 6 aliphatic rings. The van der Waals surface area contributed by atoms with Crippen LogP contribution in [0.15, 0.2) is 12.4 Å². The molecule has 2 aliphatic heterocycles. The number of hydrogen-bond donors (Lipinski definition) is 1. The monoisotopic (exact) mass is 866 g/mol. The van der Waals surface area contributed by atoms with Crippen molar-refractivity contribution in [3.05, 3.63) is 46.6 Å². The van der Waals surface area contributed by atoms with Gasteiger partial charge in [-0.25, -0.2) is 29.5 Å². The van der Waals surface area contributed by atoms with E-state index in [2.05, 4.69) is 35.9 Å². The summed E-state index contributed by atoms with van der Waals surface area (Å²) in [6, 6.07) is 0. The molecule has 0 atom stereocenters. The Hall–Kier alpha value is -1.90. The first-order valence-electron chi connectivity index (χ1n) is 21.0. The van der Waals surface area contributed by atoms with E-state index in [9.17, 15) is 9.59 Å². The van der Waals surface area contributed by atoms with Crippen molar-refractivity contribution in [2.75, 3.05) is 39.4 Å². The number of nitrogens with zero attached hydrogens (tertiary/aromatic N) is 6. The fourth-order valence-corrected chi connectivity index (χ4v) is 7.95. The van der Waals surface area contributed by atoms with E-state index in [1.165, 1.54) is 48.2 Å². The van der Waals surface area contributed by atoms with E-state index < -0.39 is 0 Å². The minimum absolute atomic E-state index is 0. The smallest absolute Gasteiger partial charge is 1.00 e.